The molecule has 0 fully saturated rings. The van der Waals surface area contributed by atoms with E-state index in [2.05, 4.69) is 0 Å². The number of aryl methyl sites for hydroxylation is 1. The van der Waals surface area contributed by atoms with E-state index < -0.39 is 32.8 Å². The Morgan fingerprint density at radius 2 is 1.32 bits per heavy atom. The molecule has 2 heterocycles. The minimum atomic E-state index is -4.37. The van der Waals surface area contributed by atoms with Gasteiger partial charge in [0.25, 0.3) is 0 Å². The molecule has 0 aliphatic carbocycles. The quantitative estimate of drug-likeness (QED) is 0.270. The predicted molar refractivity (Wildman–Crippen MR) is 131 cm³/mol. The van der Waals surface area contributed by atoms with Crippen LogP contribution in [0.5, 0.6) is 0 Å². The molecule has 3 aromatic rings. The minimum Gasteiger partial charge on any atom is -0.465 e. The van der Waals surface area contributed by atoms with Crippen LogP contribution < -0.4 is 0 Å². The van der Waals surface area contributed by atoms with Crippen molar-refractivity contribution < 1.29 is 41.7 Å². The number of nitrogens with zero attached hydrogens (tertiary/aromatic N) is 2. The fraction of sp³-hybridized carbons (Fsp3) is 0.320. The van der Waals surface area contributed by atoms with Crippen LogP contribution in [0, 0.1) is 6.92 Å². The van der Waals surface area contributed by atoms with Crippen LogP contribution in [0.4, 0.5) is 0 Å². The zero-order valence-electron chi connectivity index (χ0n) is 21.1. The van der Waals surface area contributed by atoms with E-state index in [0.717, 1.165) is 5.56 Å². The molecule has 0 aliphatic rings. The summed E-state index contributed by atoms with van der Waals surface area (Å²) in [4.78, 5) is 38.4. The van der Waals surface area contributed by atoms with E-state index in [1.807, 2.05) is 0 Å². The van der Waals surface area contributed by atoms with E-state index in [9.17, 15) is 22.8 Å². The van der Waals surface area contributed by atoms with Crippen LogP contribution in [0.1, 0.15) is 47.7 Å². The first-order valence-corrected chi connectivity index (χ1v) is 12.5. The van der Waals surface area contributed by atoms with Gasteiger partial charge in [-0.3, -0.25) is 4.79 Å². The Labute approximate surface area is 214 Å². The number of hydrogen-bond donors (Lipinski definition) is 0. The molecule has 1 atom stereocenters. The molecular formula is C25H28N2O9S. The second-order valence-corrected chi connectivity index (χ2v) is 10.2. The Bertz CT molecular complexity index is 1400. The molecule has 3 rings (SSSR count). The number of Topliss-reactive ketones (excluding diaryl/α,β-unsaturated/α-hetero) is 1. The van der Waals surface area contributed by atoms with E-state index in [-0.39, 0.29) is 40.9 Å². The van der Waals surface area contributed by atoms with Gasteiger partial charge in [0, 0.05) is 32.3 Å². The lowest BCUT2D eigenvalue weighted by molar-refractivity contribution is 0.0591. The first-order valence-electron chi connectivity index (χ1n) is 11.0. The summed E-state index contributed by atoms with van der Waals surface area (Å²) >= 11 is 0. The summed E-state index contributed by atoms with van der Waals surface area (Å²) in [6.45, 7) is 1.52. The first-order chi connectivity index (χ1) is 17.6. The zero-order valence-corrected chi connectivity index (χ0v) is 21.9. The third-order valence-corrected chi connectivity index (χ3v) is 7.63. The van der Waals surface area contributed by atoms with Crippen molar-refractivity contribution >= 4 is 27.6 Å². The van der Waals surface area contributed by atoms with Gasteiger partial charge in [-0.05, 0) is 31.2 Å². The normalized spacial score (nSPS) is 12.2. The molecule has 1 aromatic carbocycles. The van der Waals surface area contributed by atoms with Gasteiger partial charge in [-0.2, -0.15) is 0 Å². The molecule has 11 nitrogen and oxygen atoms in total. The molecule has 1 unspecified atom stereocenters. The van der Waals surface area contributed by atoms with Gasteiger partial charge in [-0.1, -0.05) is 17.7 Å². The highest BCUT2D eigenvalue weighted by Crippen LogP contribution is 2.34. The third kappa shape index (κ3) is 5.66. The van der Waals surface area contributed by atoms with E-state index in [0.29, 0.717) is 0 Å². The second kappa shape index (κ2) is 11.5. The number of carbonyl (C=O) groups excluding carboxylic acids is 3. The number of carbonyl (C=O) groups is 3. The molecule has 37 heavy (non-hydrogen) atoms. The summed E-state index contributed by atoms with van der Waals surface area (Å²) in [6, 6.07) is 8.57. The van der Waals surface area contributed by atoms with Crippen molar-refractivity contribution in [3.05, 3.63) is 76.9 Å². The number of aromatic nitrogens is 2. The fourth-order valence-corrected chi connectivity index (χ4v) is 5.57. The summed E-state index contributed by atoms with van der Waals surface area (Å²) in [5.41, 5.74) is 0.783. The number of ether oxygens (including phenoxy) is 4. The molecule has 0 N–H and O–H groups in total. The van der Waals surface area contributed by atoms with Crippen LogP contribution in [-0.2, 0) is 42.2 Å². The van der Waals surface area contributed by atoms with Crippen LogP contribution in [0.25, 0.3) is 0 Å². The lowest BCUT2D eigenvalue weighted by Crippen LogP contribution is -2.27. The van der Waals surface area contributed by atoms with Crippen molar-refractivity contribution in [2.75, 3.05) is 28.4 Å². The highest BCUT2D eigenvalue weighted by molar-refractivity contribution is 7.92. The van der Waals surface area contributed by atoms with Crippen molar-refractivity contribution in [1.82, 2.24) is 9.13 Å². The van der Waals surface area contributed by atoms with Crippen molar-refractivity contribution in [1.29, 1.82) is 0 Å². The van der Waals surface area contributed by atoms with Crippen molar-refractivity contribution in [2.45, 2.75) is 30.5 Å². The van der Waals surface area contributed by atoms with Gasteiger partial charge >= 0.3 is 11.9 Å². The maximum absolute atomic E-state index is 14.1. The Morgan fingerprint density at radius 3 is 1.86 bits per heavy atom. The zero-order chi connectivity index (χ0) is 27.3. The van der Waals surface area contributed by atoms with Crippen LogP contribution in [0.15, 0.2) is 53.7 Å². The summed E-state index contributed by atoms with van der Waals surface area (Å²) in [5.74, 6) is -2.28. The lowest BCUT2D eigenvalue weighted by Gasteiger charge is -2.20. The van der Waals surface area contributed by atoms with E-state index in [1.54, 1.807) is 19.1 Å². The van der Waals surface area contributed by atoms with Gasteiger partial charge in [0.15, 0.2) is 15.1 Å². The molecule has 0 aliphatic heterocycles. The van der Waals surface area contributed by atoms with E-state index in [1.165, 1.54) is 74.2 Å². The number of methoxy groups -OCH3 is 4. The molecule has 0 saturated heterocycles. The Morgan fingerprint density at radius 1 is 0.811 bits per heavy atom. The summed E-state index contributed by atoms with van der Waals surface area (Å²) < 4.78 is 50.6. The topological polar surface area (TPSA) is 132 Å². The smallest absolute Gasteiger partial charge is 0.339 e. The Balaban J connectivity index is 2.30. The average Bonchev–Trinajstić information content (AvgIpc) is 3.48. The molecule has 0 radical (unpaired) electrons. The van der Waals surface area contributed by atoms with E-state index in [4.69, 9.17) is 18.9 Å². The monoisotopic (exact) mass is 532 g/mol. The van der Waals surface area contributed by atoms with Crippen LogP contribution in [-0.4, -0.2) is 63.7 Å². The predicted octanol–water partition coefficient (Wildman–Crippen LogP) is 2.78. The molecular weight excluding hydrogens is 504 g/mol. The van der Waals surface area contributed by atoms with Crippen LogP contribution in [0.3, 0.4) is 0 Å². The lowest BCUT2D eigenvalue weighted by atomic mass is 10.1. The molecule has 198 valence electrons. The Kier molecular flexibility index (Phi) is 8.69. The fourth-order valence-electron chi connectivity index (χ4n) is 3.85. The maximum Gasteiger partial charge on any atom is 0.339 e. The molecule has 2 aromatic heterocycles. The SMILES string of the molecule is COCn1cc(C(=O)OC)cc1C(=O)C(c1cc(C(=O)OC)cn1COC)S(=O)(=O)c1ccc(C)cc1. The first kappa shape index (κ1) is 27.8. The second-order valence-electron chi connectivity index (χ2n) is 8.13. The maximum atomic E-state index is 14.1. The standard InChI is InChI=1S/C25H28N2O9S/c1-16-6-8-19(9-7-16)37(31,32)23(21-11-18(25(30)36-5)13-27(21)15-34-3)22(28)20-10-17(24(29)35-4)12-26(20)14-33-2/h6-13,23H,14-15H2,1-5H3. The van der Waals surface area contributed by atoms with Crippen molar-refractivity contribution in [3.8, 4) is 0 Å². The number of rotatable bonds is 11. The van der Waals surface area contributed by atoms with Crippen LogP contribution >= 0.6 is 0 Å². The van der Waals surface area contributed by atoms with Crippen molar-refractivity contribution in [3.63, 3.8) is 0 Å². The van der Waals surface area contributed by atoms with Gasteiger partial charge in [0.2, 0.25) is 5.78 Å². The molecule has 0 saturated carbocycles. The van der Waals surface area contributed by atoms with Gasteiger partial charge in [-0.25, -0.2) is 18.0 Å². The molecule has 0 bridgehead atoms. The third-order valence-electron chi connectivity index (χ3n) is 5.62. The average molecular weight is 533 g/mol. The van der Waals surface area contributed by atoms with Gasteiger partial charge in [-0.15, -0.1) is 0 Å². The number of hydrogen-bond acceptors (Lipinski definition) is 9. The Hall–Kier alpha value is -3.74. The van der Waals surface area contributed by atoms with Crippen molar-refractivity contribution in [2.24, 2.45) is 0 Å². The summed E-state index contributed by atoms with van der Waals surface area (Å²) in [7, 11) is 0.778. The number of benzene rings is 1. The number of esters is 2. The molecule has 0 amide bonds. The van der Waals surface area contributed by atoms with E-state index >= 15 is 0 Å². The van der Waals surface area contributed by atoms with Crippen LogP contribution in [0.2, 0.25) is 0 Å². The number of ketones is 1. The minimum absolute atomic E-state index is 0.0161. The largest absolute Gasteiger partial charge is 0.465 e. The highest BCUT2D eigenvalue weighted by atomic mass is 32.2. The number of sulfone groups is 1. The van der Waals surface area contributed by atoms with Gasteiger partial charge in [0.05, 0.1) is 35.9 Å². The molecule has 0 spiro atoms. The summed E-state index contributed by atoms with van der Waals surface area (Å²) in [5, 5.41) is -1.81. The highest BCUT2D eigenvalue weighted by Gasteiger charge is 2.40. The molecule has 12 heteroatoms. The van der Waals surface area contributed by atoms with Gasteiger partial charge in [0.1, 0.15) is 13.5 Å². The summed E-state index contributed by atoms with van der Waals surface area (Å²) in [6.07, 6.45) is 2.69. The van der Waals surface area contributed by atoms with Gasteiger partial charge < -0.3 is 28.1 Å².